The molecule has 0 heterocycles. The fourth-order valence-electron chi connectivity index (χ4n) is 2.80. The van der Waals surface area contributed by atoms with Crippen LogP contribution in [0.25, 0.3) is 6.08 Å². The lowest BCUT2D eigenvalue weighted by Crippen LogP contribution is -2.19. The SMILES string of the molecule is CC(=Cc1ccc(C#Cc2cccc(CN(C)C3CC3)c2)cc1)C(=O)O. The van der Waals surface area contributed by atoms with Gasteiger partial charge >= 0.3 is 5.97 Å². The van der Waals surface area contributed by atoms with Crippen LogP contribution in [0.15, 0.2) is 54.1 Å². The molecule has 3 heteroatoms. The van der Waals surface area contributed by atoms with E-state index in [0.717, 1.165) is 29.3 Å². The largest absolute Gasteiger partial charge is 0.478 e. The van der Waals surface area contributed by atoms with Crippen LogP contribution in [0, 0.1) is 11.8 Å². The summed E-state index contributed by atoms with van der Waals surface area (Å²) in [5.41, 5.74) is 4.39. The van der Waals surface area contributed by atoms with Crippen LogP contribution in [-0.2, 0) is 11.3 Å². The number of hydrogen-bond acceptors (Lipinski definition) is 2. The van der Waals surface area contributed by atoms with E-state index in [2.05, 4.69) is 42.0 Å². The van der Waals surface area contributed by atoms with Crippen LogP contribution in [0.1, 0.15) is 42.0 Å². The maximum absolute atomic E-state index is 10.9. The highest BCUT2D eigenvalue weighted by atomic mass is 16.4. The van der Waals surface area contributed by atoms with Crippen molar-refractivity contribution >= 4 is 12.0 Å². The van der Waals surface area contributed by atoms with E-state index in [1.807, 2.05) is 30.3 Å². The molecule has 0 aromatic heterocycles. The van der Waals surface area contributed by atoms with E-state index >= 15 is 0 Å². The third-order valence-corrected chi connectivity index (χ3v) is 4.51. The van der Waals surface area contributed by atoms with Crippen molar-refractivity contribution in [2.45, 2.75) is 32.4 Å². The second-order valence-corrected chi connectivity index (χ2v) is 6.85. The highest BCUT2D eigenvalue weighted by Crippen LogP contribution is 2.26. The summed E-state index contributed by atoms with van der Waals surface area (Å²) in [5, 5.41) is 8.93. The number of carboxylic acid groups (broad SMARTS) is 1. The summed E-state index contributed by atoms with van der Waals surface area (Å²) in [6.45, 7) is 2.55. The van der Waals surface area contributed by atoms with E-state index in [4.69, 9.17) is 5.11 Å². The predicted molar refractivity (Wildman–Crippen MR) is 105 cm³/mol. The molecule has 0 amide bonds. The van der Waals surface area contributed by atoms with Gasteiger partial charge in [-0.05, 0) is 68.3 Å². The van der Waals surface area contributed by atoms with Crippen LogP contribution in [0.4, 0.5) is 0 Å². The van der Waals surface area contributed by atoms with Crippen LogP contribution in [-0.4, -0.2) is 29.1 Å². The third-order valence-electron chi connectivity index (χ3n) is 4.51. The number of nitrogens with zero attached hydrogens (tertiary/aromatic N) is 1. The van der Waals surface area contributed by atoms with Crippen molar-refractivity contribution in [1.82, 2.24) is 4.90 Å². The Balaban J connectivity index is 1.69. The number of carbonyl (C=O) groups is 1. The topological polar surface area (TPSA) is 40.5 Å². The summed E-state index contributed by atoms with van der Waals surface area (Å²) < 4.78 is 0. The summed E-state index contributed by atoms with van der Waals surface area (Å²) in [5.74, 6) is 5.50. The van der Waals surface area contributed by atoms with Gasteiger partial charge in [-0.1, -0.05) is 36.1 Å². The molecule has 1 saturated carbocycles. The minimum absolute atomic E-state index is 0.316. The lowest BCUT2D eigenvalue weighted by atomic mass is 10.1. The van der Waals surface area contributed by atoms with E-state index in [-0.39, 0.29) is 0 Å². The fourth-order valence-corrected chi connectivity index (χ4v) is 2.80. The lowest BCUT2D eigenvalue weighted by molar-refractivity contribution is -0.132. The van der Waals surface area contributed by atoms with Gasteiger partial charge in [-0.2, -0.15) is 0 Å². The first kappa shape index (κ1) is 18.0. The van der Waals surface area contributed by atoms with Crippen LogP contribution in [0.5, 0.6) is 0 Å². The molecule has 3 nitrogen and oxygen atoms in total. The molecule has 0 spiro atoms. The molecule has 1 aliphatic carbocycles. The van der Waals surface area contributed by atoms with Gasteiger partial charge in [0.05, 0.1) is 0 Å². The number of rotatable bonds is 5. The smallest absolute Gasteiger partial charge is 0.331 e. The van der Waals surface area contributed by atoms with E-state index in [9.17, 15) is 4.79 Å². The van der Waals surface area contributed by atoms with Gasteiger partial charge in [0, 0.05) is 29.3 Å². The zero-order chi connectivity index (χ0) is 18.5. The first-order valence-electron chi connectivity index (χ1n) is 8.84. The van der Waals surface area contributed by atoms with Crippen molar-refractivity contribution in [1.29, 1.82) is 0 Å². The van der Waals surface area contributed by atoms with Crippen LogP contribution < -0.4 is 0 Å². The van der Waals surface area contributed by atoms with Gasteiger partial charge in [-0.3, -0.25) is 4.90 Å². The van der Waals surface area contributed by atoms with Crippen molar-refractivity contribution in [3.05, 3.63) is 76.4 Å². The van der Waals surface area contributed by atoms with Crippen molar-refractivity contribution in [3.63, 3.8) is 0 Å². The Labute approximate surface area is 155 Å². The van der Waals surface area contributed by atoms with Crippen LogP contribution in [0.3, 0.4) is 0 Å². The lowest BCUT2D eigenvalue weighted by Gasteiger charge is -2.15. The van der Waals surface area contributed by atoms with Crippen molar-refractivity contribution in [2.24, 2.45) is 0 Å². The molecule has 0 atom stereocenters. The summed E-state index contributed by atoms with van der Waals surface area (Å²) in [6, 6.07) is 16.7. The highest BCUT2D eigenvalue weighted by molar-refractivity contribution is 5.91. The predicted octanol–water partition coefficient (Wildman–Crippen LogP) is 4.17. The fraction of sp³-hybridized carbons (Fsp3) is 0.261. The Morgan fingerprint density at radius 2 is 1.85 bits per heavy atom. The zero-order valence-corrected chi connectivity index (χ0v) is 15.2. The summed E-state index contributed by atoms with van der Waals surface area (Å²) >= 11 is 0. The minimum atomic E-state index is -0.902. The molecular weight excluding hydrogens is 322 g/mol. The van der Waals surface area contributed by atoms with E-state index < -0.39 is 5.97 Å². The standard InChI is InChI=1S/C23H23NO2/c1-17(23(25)26)14-20-10-7-18(8-11-20)6-9-19-4-3-5-21(15-19)16-24(2)22-12-13-22/h3-5,7-8,10-11,14-15,22H,12-13,16H2,1-2H3,(H,25,26). The molecule has 0 saturated heterocycles. The van der Waals surface area contributed by atoms with Crippen molar-refractivity contribution < 1.29 is 9.90 Å². The maximum Gasteiger partial charge on any atom is 0.331 e. The Hall–Kier alpha value is -2.83. The second-order valence-electron chi connectivity index (χ2n) is 6.85. The summed E-state index contributed by atoms with van der Waals surface area (Å²) in [6.07, 6.45) is 4.28. The summed E-state index contributed by atoms with van der Waals surface area (Å²) in [4.78, 5) is 13.3. The molecule has 2 aromatic rings. The molecule has 0 bridgehead atoms. The number of carboxylic acids is 1. The molecule has 1 fully saturated rings. The molecule has 1 aliphatic rings. The molecule has 3 rings (SSSR count). The minimum Gasteiger partial charge on any atom is -0.478 e. The quantitative estimate of drug-likeness (QED) is 0.653. The van der Waals surface area contributed by atoms with E-state index in [1.54, 1.807) is 13.0 Å². The number of aliphatic carboxylic acids is 1. The van der Waals surface area contributed by atoms with Crippen LogP contribution in [0.2, 0.25) is 0 Å². The molecule has 2 aromatic carbocycles. The van der Waals surface area contributed by atoms with Crippen LogP contribution >= 0.6 is 0 Å². The first-order chi connectivity index (χ1) is 12.5. The Morgan fingerprint density at radius 3 is 2.50 bits per heavy atom. The monoisotopic (exact) mass is 345 g/mol. The Morgan fingerprint density at radius 1 is 1.15 bits per heavy atom. The average Bonchev–Trinajstić information content (AvgIpc) is 3.46. The highest BCUT2D eigenvalue weighted by Gasteiger charge is 2.25. The zero-order valence-electron chi connectivity index (χ0n) is 15.2. The molecule has 0 aliphatic heterocycles. The molecule has 0 unspecified atom stereocenters. The summed E-state index contributed by atoms with van der Waals surface area (Å²) in [7, 11) is 2.18. The normalized spacial score (nSPS) is 14.0. The molecule has 26 heavy (non-hydrogen) atoms. The maximum atomic E-state index is 10.9. The van der Waals surface area contributed by atoms with Crippen molar-refractivity contribution in [3.8, 4) is 11.8 Å². The van der Waals surface area contributed by atoms with E-state index in [0.29, 0.717) is 5.57 Å². The third kappa shape index (κ3) is 5.08. The Kier molecular flexibility index (Phi) is 5.55. The van der Waals surface area contributed by atoms with Gasteiger partial charge < -0.3 is 5.11 Å². The molecule has 132 valence electrons. The molecule has 1 N–H and O–H groups in total. The van der Waals surface area contributed by atoms with Gasteiger partial charge in [0.25, 0.3) is 0 Å². The molecule has 0 radical (unpaired) electrons. The Bertz CT molecular complexity index is 880. The van der Waals surface area contributed by atoms with Gasteiger partial charge in [-0.15, -0.1) is 0 Å². The van der Waals surface area contributed by atoms with Gasteiger partial charge in [0.15, 0.2) is 0 Å². The van der Waals surface area contributed by atoms with Crippen molar-refractivity contribution in [2.75, 3.05) is 7.05 Å². The van der Waals surface area contributed by atoms with E-state index in [1.165, 1.54) is 18.4 Å². The first-order valence-corrected chi connectivity index (χ1v) is 8.84. The number of hydrogen-bond donors (Lipinski definition) is 1. The average molecular weight is 345 g/mol. The second kappa shape index (κ2) is 8.03. The molecular formula is C23H23NO2. The number of benzene rings is 2. The van der Waals surface area contributed by atoms with Gasteiger partial charge in [0.2, 0.25) is 0 Å². The van der Waals surface area contributed by atoms with Gasteiger partial charge in [0.1, 0.15) is 0 Å². The van der Waals surface area contributed by atoms with Gasteiger partial charge in [-0.25, -0.2) is 4.79 Å².